The largest absolute Gasteiger partial charge is 0.492 e. The zero-order valence-electron chi connectivity index (χ0n) is 15.7. The third-order valence-electron chi connectivity index (χ3n) is 4.12. The number of ether oxygens (including phenoxy) is 3. The molecule has 0 atom stereocenters. The first kappa shape index (κ1) is 20.5. The van der Waals surface area contributed by atoms with E-state index in [0.717, 1.165) is 22.9 Å². The molecule has 0 amide bonds. The molecule has 0 aromatic heterocycles. The lowest BCUT2D eigenvalue weighted by molar-refractivity contribution is -0.143. The van der Waals surface area contributed by atoms with Gasteiger partial charge in [-0.05, 0) is 43.3 Å². The maximum atomic E-state index is 12.7. The minimum atomic E-state index is -4.40. The molecule has 0 spiro atoms. The van der Waals surface area contributed by atoms with Crippen LogP contribution in [0, 0.1) is 0 Å². The van der Waals surface area contributed by atoms with Crippen molar-refractivity contribution in [3.05, 3.63) is 66.2 Å². The predicted octanol–water partition coefficient (Wildman–Crippen LogP) is 5.98. The molecule has 0 unspecified atom stereocenters. The van der Waals surface area contributed by atoms with Gasteiger partial charge in [0.1, 0.15) is 17.2 Å². The summed E-state index contributed by atoms with van der Waals surface area (Å²) in [4.78, 5) is 11.4. The molecule has 0 fully saturated rings. The van der Waals surface area contributed by atoms with Crippen molar-refractivity contribution < 1.29 is 32.2 Å². The standard InChI is InChI=1S/C22H19F3O4/c1-2-27-21(26)13-14-28-19-7-3-6-18-17(19)5-4-8-20(18)29-16-11-9-15(10-12-16)22(23,24)25/h3-12H,2,13-14H2,1H3. The number of fused-ring (bicyclic) bond motifs is 1. The molecule has 0 heterocycles. The molecule has 0 N–H and O–H groups in total. The molecule has 0 bridgehead atoms. The topological polar surface area (TPSA) is 44.8 Å². The van der Waals surface area contributed by atoms with Gasteiger partial charge in [0.2, 0.25) is 0 Å². The van der Waals surface area contributed by atoms with Gasteiger partial charge in [-0.1, -0.05) is 24.3 Å². The highest BCUT2D eigenvalue weighted by atomic mass is 19.4. The lowest BCUT2D eigenvalue weighted by Gasteiger charge is -2.13. The normalized spacial score (nSPS) is 11.3. The fraction of sp³-hybridized carbons (Fsp3) is 0.227. The summed E-state index contributed by atoms with van der Waals surface area (Å²) < 4.78 is 54.5. The molecule has 4 nitrogen and oxygen atoms in total. The Bertz CT molecular complexity index is 982. The molecular formula is C22H19F3O4. The number of rotatable bonds is 7. The second kappa shape index (κ2) is 8.86. The van der Waals surface area contributed by atoms with E-state index in [-0.39, 0.29) is 19.0 Å². The number of hydrogen-bond acceptors (Lipinski definition) is 4. The highest BCUT2D eigenvalue weighted by Gasteiger charge is 2.30. The fourth-order valence-corrected chi connectivity index (χ4v) is 2.78. The molecule has 7 heteroatoms. The van der Waals surface area contributed by atoms with E-state index in [4.69, 9.17) is 14.2 Å². The van der Waals surface area contributed by atoms with Crippen LogP contribution in [0.5, 0.6) is 17.2 Å². The van der Waals surface area contributed by atoms with Gasteiger partial charge in [0.05, 0.1) is 25.2 Å². The second-order valence-electron chi connectivity index (χ2n) is 6.14. The average molecular weight is 404 g/mol. The summed E-state index contributed by atoms with van der Waals surface area (Å²) in [5.74, 6) is 1.01. The van der Waals surface area contributed by atoms with Crippen molar-refractivity contribution >= 4 is 16.7 Å². The Morgan fingerprint density at radius 1 is 0.897 bits per heavy atom. The van der Waals surface area contributed by atoms with Crippen molar-refractivity contribution in [3.8, 4) is 17.2 Å². The van der Waals surface area contributed by atoms with Crippen LogP contribution in [-0.2, 0) is 15.7 Å². The molecule has 0 aliphatic carbocycles. The van der Waals surface area contributed by atoms with Crippen LogP contribution in [0.4, 0.5) is 13.2 Å². The Kier molecular flexibility index (Phi) is 6.26. The summed E-state index contributed by atoms with van der Waals surface area (Å²) in [5.41, 5.74) is -0.736. The second-order valence-corrected chi connectivity index (χ2v) is 6.14. The summed E-state index contributed by atoms with van der Waals surface area (Å²) >= 11 is 0. The van der Waals surface area contributed by atoms with Crippen LogP contribution in [0.25, 0.3) is 10.8 Å². The van der Waals surface area contributed by atoms with Crippen molar-refractivity contribution in [3.63, 3.8) is 0 Å². The van der Waals surface area contributed by atoms with Crippen LogP contribution < -0.4 is 9.47 Å². The van der Waals surface area contributed by atoms with E-state index in [2.05, 4.69) is 0 Å². The van der Waals surface area contributed by atoms with Gasteiger partial charge in [0, 0.05) is 10.8 Å². The minimum Gasteiger partial charge on any atom is -0.492 e. The van der Waals surface area contributed by atoms with Gasteiger partial charge in [0.15, 0.2) is 0 Å². The zero-order chi connectivity index (χ0) is 20.9. The van der Waals surface area contributed by atoms with Gasteiger partial charge in [-0.15, -0.1) is 0 Å². The van der Waals surface area contributed by atoms with Crippen LogP contribution in [0.3, 0.4) is 0 Å². The SMILES string of the molecule is CCOC(=O)CCOc1cccc2c(Oc3ccc(C(F)(F)F)cc3)cccc12. The number of benzene rings is 3. The Balaban J connectivity index is 1.78. The third kappa shape index (κ3) is 5.19. The van der Waals surface area contributed by atoms with E-state index in [1.54, 1.807) is 31.2 Å². The summed E-state index contributed by atoms with van der Waals surface area (Å²) in [5, 5.41) is 1.50. The minimum absolute atomic E-state index is 0.131. The molecule has 0 saturated carbocycles. The molecular weight excluding hydrogens is 385 g/mol. The third-order valence-corrected chi connectivity index (χ3v) is 4.12. The molecule has 29 heavy (non-hydrogen) atoms. The number of carbonyl (C=O) groups is 1. The van der Waals surface area contributed by atoms with E-state index < -0.39 is 11.7 Å². The maximum absolute atomic E-state index is 12.7. The van der Waals surface area contributed by atoms with Crippen molar-refractivity contribution in [2.24, 2.45) is 0 Å². The summed E-state index contributed by atoms with van der Waals surface area (Å²) in [6.45, 7) is 2.22. The zero-order valence-corrected chi connectivity index (χ0v) is 15.7. The van der Waals surface area contributed by atoms with Gasteiger partial charge in [-0.2, -0.15) is 13.2 Å². The van der Waals surface area contributed by atoms with Crippen LogP contribution in [0.1, 0.15) is 18.9 Å². The molecule has 3 rings (SSSR count). The van der Waals surface area contributed by atoms with Gasteiger partial charge < -0.3 is 14.2 Å². The first-order valence-corrected chi connectivity index (χ1v) is 9.03. The van der Waals surface area contributed by atoms with Gasteiger partial charge in [0.25, 0.3) is 0 Å². The Hall–Kier alpha value is -3.22. The Morgan fingerprint density at radius 2 is 1.52 bits per heavy atom. The molecule has 0 aliphatic rings. The van der Waals surface area contributed by atoms with E-state index in [1.807, 2.05) is 12.1 Å². The van der Waals surface area contributed by atoms with E-state index in [0.29, 0.717) is 23.9 Å². The van der Waals surface area contributed by atoms with Crippen LogP contribution in [0.2, 0.25) is 0 Å². The van der Waals surface area contributed by atoms with E-state index in [9.17, 15) is 18.0 Å². The van der Waals surface area contributed by atoms with Crippen LogP contribution in [-0.4, -0.2) is 19.2 Å². The first-order chi connectivity index (χ1) is 13.9. The van der Waals surface area contributed by atoms with Gasteiger partial charge in [-0.3, -0.25) is 4.79 Å². The van der Waals surface area contributed by atoms with Crippen LogP contribution in [0.15, 0.2) is 60.7 Å². The monoisotopic (exact) mass is 404 g/mol. The van der Waals surface area contributed by atoms with Gasteiger partial charge in [-0.25, -0.2) is 0 Å². The van der Waals surface area contributed by atoms with Crippen molar-refractivity contribution in [2.75, 3.05) is 13.2 Å². The molecule has 3 aromatic rings. The van der Waals surface area contributed by atoms with Crippen molar-refractivity contribution in [1.29, 1.82) is 0 Å². The molecule has 0 saturated heterocycles. The van der Waals surface area contributed by atoms with Crippen molar-refractivity contribution in [2.45, 2.75) is 19.5 Å². The van der Waals surface area contributed by atoms with E-state index >= 15 is 0 Å². The summed E-state index contributed by atoms with van der Waals surface area (Å²) in [6, 6.07) is 15.2. The number of alkyl halides is 3. The van der Waals surface area contributed by atoms with Gasteiger partial charge >= 0.3 is 12.1 Å². The quantitative estimate of drug-likeness (QED) is 0.454. The van der Waals surface area contributed by atoms with E-state index in [1.165, 1.54) is 12.1 Å². The lowest BCUT2D eigenvalue weighted by Crippen LogP contribution is -2.09. The highest BCUT2D eigenvalue weighted by molar-refractivity contribution is 5.93. The fourth-order valence-electron chi connectivity index (χ4n) is 2.78. The summed E-state index contributed by atoms with van der Waals surface area (Å²) in [7, 11) is 0. The number of halogens is 3. The highest BCUT2D eigenvalue weighted by Crippen LogP contribution is 2.36. The average Bonchev–Trinajstić information content (AvgIpc) is 2.68. The van der Waals surface area contributed by atoms with Crippen LogP contribution >= 0.6 is 0 Å². The lowest BCUT2D eigenvalue weighted by atomic mass is 10.1. The number of hydrogen-bond donors (Lipinski definition) is 0. The summed E-state index contributed by atoms with van der Waals surface area (Å²) in [6.07, 6.45) is -4.26. The Morgan fingerprint density at radius 3 is 2.14 bits per heavy atom. The molecule has 0 radical (unpaired) electrons. The molecule has 152 valence electrons. The smallest absolute Gasteiger partial charge is 0.416 e. The maximum Gasteiger partial charge on any atom is 0.416 e. The van der Waals surface area contributed by atoms with Crippen molar-refractivity contribution in [1.82, 2.24) is 0 Å². The number of esters is 1. The molecule has 0 aliphatic heterocycles. The first-order valence-electron chi connectivity index (χ1n) is 9.03. The number of carbonyl (C=O) groups excluding carboxylic acids is 1. The predicted molar refractivity (Wildman–Crippen MR) is 102 cm³/mol. The molecule has 3 aromatic carbocycles. The Labute approximate surface area is 165 Å².